The Bertz CT molecular complexity index is 4160. The monoisotopic (exact) mass is 1110 g/mol. The number of hydrogen-bond acceptors (Lipinski definition) is 4. The summed E-state index contributed by atoms with van der Waals surface area (Å²) in [6.45, 7) is 10.4. The van der Waals surface area contributed by atoms with Crippen molar-refractivity contribution in [1.29, 1.82) is 0 Å². The summed E-state index contributed by atoms with van der Waals surface area (Å²) in [5, 5.41) is 9.36. The van der Waals surface area contributed by atoms with Crippen molar-refractivity contribution in [3.05, 3.63) is 204 Å². The Hall–Kier alpha value is -7.24. The summed E-state index contributed by atoms with van der Waals surface area (Å²) in [5.74, 6) is 1.67. The molecule has 9 aromatic carbocycles. The minimum atomic E-state index is -2.30. The van der Waals surface area contributed by atoms with Crippen molar-refractivity contribution < 1.29 is 32.7 Å². The average molecular weight is 1110 g/mol. The van der Waals surface area contributed by atoms with E-state index >= 15 is 0 Å². The third-order valence-corrected chi connectivity index (χ3v) is 13.4. The topological polar surface area (TPSA) is 56.7 Å². The standard InChI is InChI=1S/C49H37N2O.C16H19N2.Ir/c1-29(2)40-26-35(31-13-6-5-7-14-31)27-41(30(3)4)46(40)51-47-37-18-11-9-16-33(37)23-24-44(47)50-49(51)39-20-12-19-38-43-25-34-22-21-32-15-8-10-17-36(32)42(34)28-45(43)52-48(38)39;1-11-6-8-13(9-7-11)15-17-10-12(2)14(18-15)16(3,4)5;/h5-19,21-30H,1-4H3;6-8,10H,1-5H3;/q2*-1;/i;1D3,2D3;. The summed E-state index contributed by atoms with van der Waals surface area (Å²) < 4.78 is 54.4. The molecule has 0 aliphatic heterocycles. The van der Waals surface area contributed by atoms with E-state index < -0.39 is 19.1 Å². The van der Waals surface area contributed by atoms with Gasteiger partial charge in [-0.25, -0.2) is 0 Å². The number of benzene rings is 9. The summed E-state index contributed by atoms with van der Waals surface area (Å²) in [4.78, 5) is 14.0. The zero-order chi connectivity index (χ0) is 53.4. The Morgan fingerprint density at radius 1 is 0.620 bits per heavy atom. The Morgan fingerprint density at radius 2 is 1.31 bits per heavy atom. The zero-order valence-corrected chi connectivity index (χ0v) is 43.2. The summed E-state index contributed by atoms with van der Waals surface area (Å²) in [6.07, 6.45) is 1.32. The van der Waals surface area contributed by atoms with Crippen molar-refractivity contribution in [3.63, 3.8) is 0 Å². The van der Waals surface area contributed by atoms with Crippen LogP contribution in [0.2, 0.25) is 0 Å². The number of furan rings is 1. The molecule has 0 bridgehead atoms. The molecule has 0 N–H and O–H groups in total. The molecule has 1 radical (unpaired) electrons. The number of rotatable bonds is 6. The molecule has 3 heterocycles. The molecule has 0 fully saturated rings. The second kappa shape index (κ2) is 18.8. The largest absolute Gasteiger partial charge is 0.501 e. The van der Waals surface area contributed by atoms with E-state index in [4.69, 9.17) is 17.6 Å². The summed E-state index contributed by atoms with van der Waals surface area (Å²) in [7, 11) is 0. The molecule has 3 aromatic heterocycles. The Labute approximate surface area is 438 Å². The molecular formula is C65H56IrN4O-2. The van der Waals surface area contributed by atoms with Crippen molar-refractivity contribution in [2.45, 2.75) is 79.4 Å². The molecule has 71 heavy (non-hydrogen) atoms. The molecular weight excluding hydrogens is 1040 g/mol. The smallest absolute Gasteiger partial charge is 0.121 e. The van der Waals surface area contributed by atoms with Crippen LogP contribution >= 0.6 is 0 Å². The molecule has 12 aromatic rings. The van der Waals surface area contributed by atoms with Crippen LogP contribution in [0.5, 0.6) is 0 Å². The van der Waals surface area contributed by atoms with Crippen molar-refractivity contribution in [1.82, 2.24) is 19.5 Å². The van der Waals surface area contributed by atoms with Gasteiger partial charge in [0, 0.05) is 62.1 Å². The summed E-state index contributed by atoms with van der Waals surface area (Å²) >= 11 is 0. The SMILES string of the molecule is CC(C)c1cc(-c2ccccc2)cc(C(C)C)c1-n1c(-c2[c-]ccc3c2oc2cc4c(ccc5ccccc54)cc23)nc2ccc3ccccc3c21.[2H]C([2H])([2H])c1c[c-]c(-c2ncc(C([2H])([2H])[2H])c(C(C)(C)C)n2)cc1.[Ir]. The molecule has 0 spiro atoms. The van der Waals surface area contributed by atoms with Crippen LogP contribution in [-0.4, -0.2) is 19.5 Å². The molecule has 0 aliphatic carbocycles. The van der Waals surface area contributed by atoms with Crippen molar-refractivity contribution in [3.8, 4) is 39.6 Å². The van der Waals surface area contributed by atoms with Gasteiger partial charge in [-0.2, -0.15) is 0 Å². The van der Waals surface area contributed by atoms with E-state index in [9.17, 15) is 0 Å². The number of fused-ring (bicyclic) bond motifs is 9. The van der Waals surface area contributed by atoms with Crippen LogP contribution in [0.1, 0.15) is 96.5 Å². The summed E-state index contributed by atoms with van der Waals surface area (Å²) in [5.41, 5.74) is 11.6. The van der Waals surface area contributed by atoms with E-state index in [1.54, 1.807) is 6.07 Å². The maximum Gasteiger partial charge on any atom is 0.121 e. The Morgan fingerprint density at radius 3 is 2.00 bits per heavy atom. The predicted octanol–water partition coefficient (Wildman–Crippen LogP) is 17.6. The minimum absolute atomic E-state index is 0. The minimum Gasteiger partial charge on any atom is -0.501 e. The molecule has 0 saturated heterocycles. The van der Waals surface area contributed by atoms with E-state index in [0.29, 0.717) is 17.1 Å². The van der Waals surface area contributed by atoms with Crippen LogP contribution in [0.15, 0.2) is 168 Å². The van der Waals surface area contributed by atoms with Gasteiger partial charge in [0.25, 0.3) is 0 Å². The fourth-order valence-corrected chi connectivity index (χ4v) is 9.90. The maximum absolute atomic E-state index is 7.65. The first-order valence-corrected chi connectivity index (χ1v) is 24.0. The van der Waals surface area contributed by atoms with Gasteiger partial charge in [0.2, 0.25) is 0 Å². The number of nitrogens with zero attached hydrogens (tertiary/aromatic N) is 4. The van der Waals surface area contributed by atoms with Crippen LogP contribution in [0, 0.1) is 25.8 Å². The molecule has 12 rings (SSSR count). The summed E-state index contributed by atoms with van der Waals surface area (Å²) in [6, 6.07) is 61.1. The van der Waals surface area contributed by atoms with Crippen LogP contribution in [-0.2, 0) is 25.5 Å². The van der Waals surface area contributed by atoms with Crippen LogP contribution in [0.3, 0.4) is 0 Å². The Kier molecular flexibility index (Phi) is 10.7. The third-order valence-electron chi connectivity index (χ3n) is 13.4. The number of hydrogen-bond donors (Lipinski definition) is 0. The Balaban J connectivity index is 0.000000228. The molecule has 5 nitrogen and oxygen atoms in total. The molecule has 0 atom stereocenters. The van der Waals surface area contributed by atoms with Gasteiger partial charge in [0.15, 0.2) is 0 Å². The predicted molar refractivity (Wildman–Crippen MR) is 293 cm³/mol. The van der Waals surface area contributed by atoms with E-state index in [1.165, 1.54) is 78.6 Å². The second-order valence-electron chi connectivity index (χ2n) is 19.9. The van der Waals surface area contributed by atoms with Gasteiger partial charge in [-0.1, -0.05) is 163 Å². The first-order chi connectivity index (χ1) is 36.2. The van der Waals surface area contributed by atoms with E-state index in [0.717, 1.165) is 44.4 Å². The normalized spacial score (nSPS) is 13.5. The number of aromatic nitrogens is 4. The van der Waals surface area contributed by atoms with E-state index in [1.807, 2.05) is 26.8 Å². The van der Waals surface area contributed by atoms with E-state index in [-0.39, 0.29) is 43.1 Å². The molecule has 0 amide bonds. The van der Waals surface area contributed by atoms with Crippen molar-refractivity contribution >= 4 is 65.3 Å². The van der Waals surface area contributed by atoms with Gasteiger partial charge in [-0.3, -0.25) is 15.0 Å². The van der Waals surface area contributed by atoms with Gasteiger partial charge in [-0.15, -0.1) is 53.6 Å². The fraction of sp³-hybridized carbons (Fsp3) is 0.185. The van der Waals surface area contributed by atoms with Gasteiger partial charge in [-0.05, 0) is 104 Å². The quantitative estimate of drug-likeness (QED) is 0.123. The molecule has 6 heteroatoms. The van der Waals surface area contributed by atoms with Gasteiger partial charge in [0.05, 0.1) is 28.3 Å². The van der Waals surface area contributed by atoms with Gasteiger partial charge >= 0.3 is 0 Å². The third kappa shape index (κ3) is 8.64. The zero-order valence-electron chi connectivity index (χ0n) is 46.8. The molecule has 0 aliphatic rings. The van der Waals surface area contributed by atoms with Gasteiger partial charge < -0.3 is 8.98 Å². The van der Waals surface area contributed by atoms with E-state index in [2.05, 4.69) is 188 Å². The van der Waals surface area contributed by atoms with Crippen molar-refractivity contribution in [2.75, 3.05) is 0 Å². The fourth-order valence-electron chi connectivity index (χ4n) is 9.90. The van der Waals surface area contributed by atoms with Crippen LogP contribution in [0.4, 0.5) is 0 Å². The average Bonchev–Trinajstić information content (AvgIpc) is 4.04. The maximum atomic E-state index is 7.65. The first-order valence-electron chi connectivity index (χ1n) is 27.0. The number of aryl methyl sites for hydroxylation is 2. The molecule has 0 unspecified atom stereocenters. The number of imidazole rings is 1. The van der Waals surface area contributed by atoms with Gasteiger partial charge in [0.1, 0.15) is 5.58 Å². The van der Waals surface area contributed by atoms with Crippen LogP contribution < -0.4 is 0 Å². The molecule has 353 valence electrons. The molecule has 0 saturated carbocycles. The van der Waals surface area contributed by atoms with Crippen molar-refractivity contribution in [2.24, 2.45) is 0 Å². The first kappa shape index (κ1) is 40.5. The second-order valence-corrected chi connectivity index (χ2v) is 19.9. The van der Waals surface area contributed by atoms with Crippen LogP contribution in [0.25, 0.3) is 105 Å².